The van der Waals surface area contributed by atoms with Gasteiger partial charge in [-0.1, -0.05) is 0 Å². The van der Waals surface area contributed by atoms with Gasteiger partial charge in [-0.2, -0.15) is 5.10 Å². The van der Waals surface area contributed by atoms with Crippen LogP contribution in [0.15, 0.2) is 23.1 Å². The number of halogens is 1. The molecular weight excluding hydrogens is 283 g/mol. The molecule has 0 aliphatic heterocycles. The van der Waals surface area contributed by atoms with Gasteiger partial charge in [-0.25, -0.2) is 12.8 Å². The minimum atomic E-state index is -3.87. The number of anilines is 1. The minimum absolute atomic E-state index is 0.00177. The van der Waals surface area contributed by atoms with Crippen molar-refractivity contribution in [2.75, 3.05) is 4.72 Å². The van der Waals surface area contributed by atoms with E-state index in [0.717, 1.165) is 6.07 Å². The van der Waals surface area contributed by atoms with Crippen molar-refractivity contribution < 1.29 is 12.8 Å². The molecule has 0 unspecified atom stereocenters. The van der Waals surface area contributed by atoms with Crippen LogP contribution in [0.1, 0.15) is 17.0 Å². The summed E-state index contributed by atoms with van der Waals surface area (Å²) < 4.78 is 40.3. The number of benzene rings is 1. The molecule has 0 saturated heterocycles. The van der Waals surface area contributed by atoms with E-state index >= 15 is 0 Å². The van der Waals surface area contributed by atoms with Crippen LogP contribution in [-0.2, 0) is 16.6 Å². The number of nitrogens with zero attached hydrogens (tertiary/aromatic N) is 1. The van der Waals surface area contributed by atoms with Crippen molar-refractivity contribution in [1.29, 1.82) is 0 Å². The number of aromatic amines is 1. The predicted molar refractivity (Wildman–Crippen MR) is 73.2 cm³/mol. The average Bonchev–Trinajstić information content (AvgIpc) is 2.69. The van der Waals surface area contributed by atoms with Crippen molar-refractivity contribution in [3.63, 3.8) is 0 Å². The molecule has 108 valence electrons. The van der Waals surface area contributed by atoms with Crippen LogP contribution in [-0.4, -0.2) is 18.6 Å². The summed E-state index contributed by atoms with van der Waals surface area (Å²) in [7, 11) is -3.87. The van der Waals surface area contributed by atoms with Crippen LogP contribution < -0.4 is 10.5 Å². The first-order chi connectivity index (χ1) is 9.33. The van der Waals surface area contributed by atoms with Crippen molar-refractivity contribution in [2.45, 2.75) is 25.3 Å². The molecule has 0 bridgehead atoms. The Hall–Kier alpha value is -1.93. The van der Waals surface area contributed by atoms with E-state index < -0.39 is 15.8 Å². The summed E-state index contributed by atoms with van der Waals surface area (Å²) in [6, 6.07) is 3.96. The SMILES string of the molecule is Cc1cc(F)cc(NS(=O)(=O)c2c(CN)n[nH]c2C)c1. The highest BCUT2D eigenvalue weighted by Crippen LogP contribution is 2.22. The Morgan fingerprint density at radius 1 is 1.35 bits per heavy atom. The molecule has 0 saturated carbocycles. The standard InChI is InChI=1S/C12H15FN4O2S/c1-7-3-9(13)5-10(4-7)17-20(18,19)12-8(2)15-16-11(12)6-14/h3-5,17H,6,14H2,1-2H3,(H,15,16). The zero-order valence-electron chi connectivity index (χ0n) is 11.1. The number of nitrogens with one attached hydrogen (secondary N) is 2. The van der Waals surface area contributed by atoms with Gasteiger partial charge in [0, 0.05) is 6.54 Å². The van der Waals surface area contributed by atoms with E-state index in [1.165, 1.54) is 12.1 Å². The molecule has 1 aromatic carbocycles. The van der Waals surface area contributed by atoms with E-state index in [1.54, 1.807) is 13.8 Å². The molecule has 0 radical (unpaired) electrons. The molecule has 0 amide bonds. The van der Waals surface area contributed by atoms with Crippen LogP contribution in [0, 0.1) is 19.7 Å². The second-order valence-corrected chi connectivity index (χ2v) is 6.07. The third-order valence-electron chi connectivity index (χ3n) is 2.72. The smallest absolute Gasteiger partial charge is 0.265 e. The third kappa shape index (κ3) is 2.81. The lowest BCUT2D eigenvalue weighted by molar-refractivity contribution is 0.599. The van der Waals surface area contributed by atoms with Gasteiger partial charge in [0.1, 0.15) is 10.7 Å². The van der Waals surface area contributed by atoms with E-state index in [1.807, 2.05) is 0 Å². The second-order valence-electron chi connectivity index (χ2n) is 4.45. The summed E-state index contributed by atoms with van der Waals surface area (Å²) in [6.07, 6.45) is 0. The lowest BCUT2D eigenvalue weighted by atomic mass is 10.2. The molecule has 4 N–H and O–H groups in total. The fourth-order valence-electron chi connectivity index (χ4n) is 1.97. The maximum absolute atomic E-state index is 13.3. The van der Waals surface area contributed by atoms with E-state index in [-0.39, 0.29) is 22.8 Å². The summed E-state index contributed by atoms with van der Waals surface area (Å²) in [6.45, 7) is 3.25. The number of H-pyrrole nitrogens is 1. The normalized spacial score (nSPS) is 11.6. The molecule has 0 spiro atoms. The van der Waals surface area contributed by atoms with E-state index in [4.69, 9.17) is 5.73 Å². The monoisotopic (exact) mass is 298 g/mol. The summed E-state index contributed by atoms with van der Waals surface area (Å²) in [5.74, 6) is -0.509. The Morgan fingerprint density at radius 3 is 2.65 bits per heavy atom. The Kier molecular flexibility index (Phi) is 3.78. The molecule has 1 aromatic heterocycles. The molecule has 20 heavy (non-hydrogen) atoms. The summed E-state index contributed by atoms with van der Waals surface area (Å²) >= 11 is 0. The van der Waals surface area contributed by atoms with Gasteiger partial charge in [0.25, 0.3) is 10.0 Å². The highest BCUT2D eigenvalue weighted by molar-refractivity contribution is 7.92. The van der Waals surface area contributed by atoms with E-state index in [2.05, 4.69) is 14.9 Å². The van der Waals surface area contributed by atoms with Gasteiger partial charge in [-0.05, 0) is 37.6 Å². The first-order valence-corrected chi connectivity index (χ1v) is 7.35. The predicted octanol–water partition coefficient (Wildman–Crippen LogP) is 1.43. The maximum Gasteiger partial charge on any atom is 0.265 e. The Labute approximate surface area is 116 Å². The Bertz CT molecular complexity index is 720. The van der Waals surface area contributed by atoms with E-state index in [9.17, 15) is 12.8 Å². The first kappa shape index (κ1) is 14.5. The highest BCUT2D eigenvalue weighted by Gasteiger charge is 2.23. The van der Waals surface area contributed by atoms with Gasteiger partial charge in [-0.15, -0.1) is 0 Å². The zero-order valence-corrected chi connectivity index (χ0v) is 11.9. The average molecular weight is 298 g/mol. The molecular formula is C12H15FN4O2S. The van der Waals surface area contributed by atoms with Crippen molar-refractivity contribution in [1.82, 2.24) is 10.2 Å². The number of hydrogen-bond acceptors (Lipinski definition) is 4. The second kappa shape index (κ2) is 5.22. The highest BCUT2D eigenvalue weighted by atomic mass is 32.2. The quantitative estimate of drug-likeness (QED) is 0.794. The van der Waals surface area contributed by atoms with Crippen LogP contribution in [0.3, 0.4) is 0 Å². The van der Waals surface area contributed by atoms with Crippen molar-refractivity contribution in [3.8, 4) is 0 Å². The zero-order chi connectivity index (χ0) is 14.9. The van der Waals surface area contributed by atoms with Gasteiger partial charge in [0.2, 0.25) is 0 Å². The largest absolute Gasteiger partial charge is 0.325 e. The van der Waals surface area contributed by atoms with Gasteiger partial charge >= 0.3 is 0 Å². The van der Waals surface area contributed by atoms with Gasteiger partial charge < -0.3 is 5.73 Å². The first-order valence-electron chi connectivity index (χ1n) is 5.87. The topological polar surface area (TPSA) is 101 Å². The molecule has 0 aliphatic carbocycles. The molecule has 0 fully saturated rings. The fraction of sp³-hybridized carbons (Fsp3) is 0.250. The van der Waals surface area contributed by atoms with Crippen LogP contribution in [0.2, 0.25) is 0 Å². The minimum Gasteiger partial charge on any atom is -0.325 e. The summed E-state index contributed by atoms with van der Waals surface area (Å²) in [5, 5.41) is 6.41. The number of rotatable bonds is 4. The van der Waals surface area contributed by atoms with Gasteiger partial charge in [-0.3, -0.25) is 9.82 Å². The van der Waals surface area contributed by atoms with E-state index in [0.29, 0.717) is 11.3 Å². The number of nitrogens with two attached hydrogens (primary N) is 1. The number of aromatic nitrogens is 2. The maximum atomic E-state index is 13.3. The Morgan fingerprint density at radius 2 is 2.05 bits per heavy atom. The van der Waals surface area contributed by atoms with Crippen LogP contribution in [0.25, 0.3) is 0 Å². The van der Waals surface area contributed by atoms with Crippen molar-refractivity contribution >= 4 is 15.7 Å². The lowest BCUT2D eigenvalue weighted by Crippen LogP contribution is -2.16. The molecule has 2 aromatic rings. The van der Waals surface area contributed by atoms with Gasteiger partial charge in [0.15, 0.2) is 0 Å². The fourth-order valence-corrected chi connectivity index (χ4v) is 3.38. The summed E-state index contributed by atoms with van der Waals surface area (Å²) in [4.78, 5) is 0.00177. The molecule has 8 heteroatoms. The van der Waals surface area contributed by atoms with Gasteiger partial charge in [0.05, 0.1) is 17.1 Å². The Balaban J connectivity index is 2.43. The third-order valence-corrected chi connectivity index (χ3v) is 4.30. The number of hydrogen-bond donors (Lipinski definition) is 3. The molecule has 2 rings (SSSR count). The number of sulfonamides is 1. The number of aryl methyl sites for hydroxylation is 2. The molecule has 6 nitrogen and oxygen atoms in total. The lowest BCUT2D eigenvalue weighted by Gasteiger charge is -2.09. The molecule has 0 aliphatic rings. The van der Waals surface area contributed by atoms with Crippen molar-refractivity contribution in [2.24, 2.45) is 5.73 Å². The van der Waals surface area contributed by atoms with Crippen LogP contribution >= 0.6 is 0 Å². The summed E-state index contributed by atoms with van der Waals surface area (Å²) in [5.41, 5.74) is 6.86. The van der Waals surface area contributed by atoms with Crippen molar-refractivity contribution in [3.05, 3.63) is 41.0 Å². The van der Waals surface area contributed by atoms with Crippen LogP contribution in [0.5, 0.6) is 0 Å². The molecule has 0 atom stereocenters. The van der Waals surface area contributed by atoms with Crippen LogP contribution in [0.4, 0.5) is 10.1 Å². The molecule has 1 heterocycles.